The van der Waals surface area contributed by atoms with Crippen LogP contribution in [-0.2, 0) is 6.42 Å². The van der Waals surface area contributed by atoms with Crippen molar-refractivity contribution >= 4 is 17.5 Å². The molecule has 0 saturated carbocycles. The molecule has 25 heavy (non-hydrogen) atoms. The van der Waals surface area contributed by atoms with Gasteiger partial charge in [0.1, 0.15) is 0 Å². The molecule has 0 amide bonds. The van der Waals surface area contributed by atoms with E-state index in [1.54, 1.807) is 0 Å². The van der Waals surface area contributed by atoms with E-state index in [1.807, 2.05) is 30.3 Å². The Morgan fingerprint density at radius 3 is 2.20 bits per heavy atom. The van der Waals surface area contributed by atoms with Gasteiger partial charge < -0.3 is 20.3 Å². The topological polar surface area (TPSA) is 78.8 Å². The Kier molecular flexibility index (Phi) is 4.85. The summed E-state index contributed by atoms with van der Waals surface area (Å²) in [6.45, 7) is 0. The van der Waals surface area contributed by atoms with Crippen LogP contribution in [0.4, 0.5) is 16.2 Å². The minimum atomic E-state index is -1.83. The zero-order valence-electron chi connectivity index (χ0n) is 13.3. The van der Waals surface area contributed by atoms with Crippen LogP contribution in [0.5, 0.6) is 11.5 Å². The Bertz CT molecular complexity index is 874. The van der Waals surface area contributed by atoms with Gasteiger partial charge in [-0.3, -0.25) is 0 Å². The number of hydrogen-bond acceptors (Lipinski definition) is 3. The molecule has 3 aromatic rings. The summed E-state index contributed by atoms with van der Waals surface area (Å²) >= 11 is 0. The van der Waals surface area contributed by atoms with Crippen LogP contribution in [0.15, 0.2) is 72.8 Å². The second kappa shape index (κ2) is 7.40. The highest BCUT2D eigenvalue weighted by atomic mass is 16.6. The summed E-state index contributed by atoms with van der Waals surface area (Å²) in [7, 11) is 0. The molecule has 3 N–H and O–H groups in total. The summed E-state index contributed by atoms with van der Waals surface area (Å²) in [5, 5.41) is 17.4. The maximum atomic E-state index is 8.56. The lowest BCUT2D eigenvalue weighted by Gasteiger charge is -2.22. The minimum absolute atomic E-state index is 0.877. The third kappa shape index (κ3) is 4.29. The van der Waals surface area contributed by atoms with Gasteiger partial charge in [-0.25, -0.2) is 4.79 Å². The van der Waals surface area contributed by atoms with Crippen molar-refractivity contribution in [1.82, 2.24) is 0 Å². The molecule has 126 valence electrons. The lowest BCUT2D eigenvalue weighted by atomic mass is 10.0. The van der Waals surface area contributed by atoms with Crippen LogP contribution in [-0.4, -0.2) is 16.4 Å². The summed E-state index contributed by atoms with van der Waals surface area (Å²) < 4.78 is 5.99. The monoisotopic (exact) mass is 335 g/mol. The van der Waals surface area contributed by atoms with Gasteiger partial charge in [-0.2, -0.15) is 0 Å². The molecule has 0 aliphatic carbocycles. The van der Waals surface area contributed by atoms with Crippen molar-refractivity contribution < 1.29 is 19.7 Å². The van der Waals surface area contributed by atoms with Crippen molar-refractivity contribution in [2.45, 2.75) is 6.42 Å². The van der Waals surface area contributed by atoms with Gasteiger partial charge in [-0.15, -0.1) is 0 Å². The first-order valence-corrected chi connectivity index (χ1v) is 7.74. The molecule has 0 fully saturated rings. The normalized spacial score (nSPS) is 10.9. The molecule has 3 aromatic carbocycles. The molecule has 1 aliphatic heterocycles. The summed E-state index contributed by atoms with van der Waals surface area (Å²) in [6, 6.07) is 24.8. The molecule has 0 radical (unpaired) electrons. The summed E-state index contributed by atoms with van der Waals surface area (Å²) in [4.78, 5) is 8.56. The van der Waals surface area contributed by atoms with Crippen molar-refractivity contribution in [2.75, 3.05) is 5.32 Å². The molecule has 4 rings (SSSR count). The summed E-state index contributed by atoms with van der Waals surface area (Å²) in [5.74, 6) is 1.77. The molecular formula is C20H17NO4. The first kappa shape index (κ1) is 16.4. The van der Waals surface area contributed by atoms with E-state index in [0.29, 0.717) is 0 Å². The van der Waals surface area contributed by atoms with Crippen LogP contribution in [0, 0.1) is 0 Å². The van der Waals surface area contributed by atoms with Gasteiger partial charge in [0.2, 0.25) is 0 Å². The smallest absolute Gasteiger partial charge is 0.453 e. The fourth-order valence-electron chi connectivity index (χ4n) is 2.62. The van der Waals surface area contributed by atoms with E-state index in [0.717, 1.165) is 29.3 Å². The lowest BCUT2D eigenvalue weighted by molar-refractivity contribution is 0.137. The van der Waals surface area contributed by atoms with E-state index in [-0.39, 0.29) is 0 Å². The maximum Gasteiger partial charge on any atom is 0.503 e. The van der Waals surface area contributed by atoms with E-state index < -0.39 is 6.16 Å². The van der Waals surface area contributed by atoms with Crippen molar-refractivity contribution in [2.24, 2.45) is 0 Å². The first-order chi connectivity index (χ1) is 12.1. The number of para-hydroxylation sites is 2. The molecular weight excluding hydrogens is 318 g/mol. The second-order valence-electron chi connectivity index (χ2n) is 5.50. The van der Waals surface area contributed by atoms with E-state index in [9.17, 15) is 0 Å². The minimum Gasteiger partial charge on any atom is -0.453 e. The van der Waals surface area contributed by atoms with E-state index in [4.69, 9.17) is 19.7 Å². The van der Waals surface area contributed by atoms with Gasteiger partial charge in [-0.1, -0.05) is 48.5 Å². The zero-order chi connectivity index (χ0) is 17.6. The number of anilines is 2. The van der Waals surface area contributed by atoms with E-state index in [1.165, 1.54) is 11.1 Å². The fraction of sp³-hybridized carbons (Fsp3) is 0.0500. The van der Waals surface area contributed by atoms with Crippen molar-refractivity contribution in [3.8, 4) is 11.5 Å². The third-order valence-electron chi connectivity index (χ3n) is 3.67. The van der Waals surface area contributed by atoms with Gasteiger partial charge in [-0.05, 0) is 41.8 Å². The van der Waals surface area contributed by atoms with Crippen molar-refractivity contribution in [1.29, 1.82) is 0 Å². The van der Waals surface area contributed by atoms with Crippen LogP contribution in [0.25, 0.3) is 0 Å². The Morgan fingerprint density at radius 1 is 0.800 bits per heavy atom. The molecule has 0 aromatic heterocycles. The van der Waals surface area contributed by atoms with Gasteiger partial charge >= 0.3 is 6.16 Å². The Labute approximate surface area is 145 Å². The van der Waals surface area contributed by atoms with Gasteiger partial charge in [0.25, 0.3) is 0 Å². The number of nitrogens with one attached hydrogen (secondary N) is 1. The molecule has 0 spiro atoms. The molecule has 0 bridgehead atoms. The average Bonchev–Trinajstić information content (AvgIpc) is 2.60. The van der Waals surface area contributed by atoms with Crippen LogP contribution in [0.2, 0.25) is 0 Å². The Hall–Kier alpha value is -3.47. The summed E-state index contributed by atoms with van der Waals surface area (Å²) in [5.41, 5.74) is 4.59. The van der Waals surface area contributed by atoms with Crippen LogP contribution in [0.3, 0.4) is 0 Å². The number of rotatable bonds is 2. The van der Waals surface area contributed by atoms with E-state index >= 15 is 0 Å². The maximum absolute atomic E-state index is 8.56. The van der Waals surface area contributed by atoms with Gasteiger partial charge in [0.05, 0.1) is 11.4 Å². The number of benzene rings is 3. The van der Waals surface area contributed by atoms with E-state index in [2.05, 4.69) is 47.8 Å². The Morgan fingerprint density at radius 2 is 1.44 bits per heavy atom. The molecule has 1 aliphatic rings. The molecule has 0 atom stereocenters. The lowest BCUT2D eigenvalue weighted by Crippen LogP contribution is -2.03. The third-order valence-corrected chi connectivity index (χ3v) is 3.67. The molecule has 0 unspecified atom stereocenters. The highest BCUT2D eigenvalue weighted by Crippen LogP contribution is 2.42. The molecule has 1 heterocycles. The number of ether oxygens (including phenoxy) is 1. The van der Waals surface area contributed by atoms with Crippen LogP contribution in [0.1, 0.15) is 11.1 Å². The highest BCUT2D eigenvalue weighted by Gasteiger charge is 2.15. The molecule has 5 heteroatoms. The quantitative estimate of drug-likeness (QED) is 0.460. The van der Waals surface area contributed by atoms with Gasteiger partial charge in [0, 0.05) is 0 Å². The SMILES string of the molecule is O=C(O)O.c1ccc(Cc2ccc3c(c2)Oc2ccccc2N3)cc1. The standard InChI is InChI=1S/C19H15NO.CH2O3/c1-2-6-14(7-3-1)12-15-10-11-17-19(13-15)21-18-9-5-4-8-16(18)20-17;2-1(3)4/h1-11,13,20H,12H2;(H2,2,3,4). The zero-order valence-corrected chi connectivity index (χ0v) is 13.3. The number of hydrogen-bond donors (Lipinski definition) is 3. The van der Waals surface area contributed by atoms with Crippen molar-refractivity contribution in [3.63, 3.8) is 0 Å². The second-order valence-corrected chi connectivity index (χ2v) is 5.50. The fourth-order valence-corrected chi connectivity index (χ4v) is 2.62. The predicted octanol–water partition coefficient (Wildman–Crippen LogP) is 5.35. The highest BCUT2D eigenvalue weighted by molar-refractivity contribution is 5.75. The first-order valence-electron chi connectivity index (χ1n) is 7.74. The largest absolute Gasteiger partial charge is 0.503 e. The number of fused-ring (bicyclic) bond motifs is 2. The van der Waals surface area contributed by atoms with Gasteiger partial charge in [0.15, 0.2) is 11.5 Å². The average molecular weight is 335 g/mol. The van der Waals surface area contributed by atoms with Crippen LogP contribution >= 0.6 is 0 Å². The number of carboxylic acid groups (broad SMARTS) is 2. The summed E-state index contributed by atoms with van der Waals surface area (Å²) in [6.07, 6.45) is -0.918. The molecule has 5 nitrogen and oxygen atoms in total. The number of carbonyl (C=O) groups is 1. The van der Waals surface area contributed by atoms with Crippen LogP contribution < -0.4 is 10.1 Å². The molecule has 0 saturated heterocycles. The van der Waals surface area contributed by atoms with Crippen molar-refractivity contribution in [3.05, 3.63) is 83.9 Å². The Balaban J connectivity index is 0.000000415. The predicted molar refractivity (Wildman–Crippen MR) is 96.1 cm³/mol.